The number of para-hydroxylation sites is 1. The van der Waals surface area contributed by atoms with Crippen molar-refractivity contribution in [3.8, 4) is 5.69 Å². The first-order chi connectivity index (χ1) is 15.7. The summed E-state index contributed by atoms with van der Waals surface area (Å²) in [5.41, 5.74) is -0.784. The molecule has 0 bridgehead atoms. The molecule has 0 saturated carbocycles. The Kier molecular flexibility index (Phi) is 6.05. The predicted octanol–water partition coefficient (Wildman–Crippen LogP) is 5.29. The maximum absolute atomic E-state index is 14.7. The minimum Gasteiger partial charge on any atom is -0.363 e. The third-order valence-electron chi connectivity index (χ3n) is 4.91. The molecule has 0 atom stereocenters. The highest BCUT2D eigenvalue weighted by atomic mass is 35.5. The summed E-state index contributed by atoms with van der Waals surface area (Å²) in [6.45, 7) is 0. The molecule has 1 N–H and O–H groups in total. The van der Waals surface area contributed by atoms with Crippen molar-refractivity contribution < 1.29 is 13.6 Å². The Labute approximate surface area is 197 Å². The summed E-state index contributed by atoms with van der Waals surface area (Å²) in [6.07, 6.45) is 1.16. The molecule has 4 rings (SSSR count). The fourth-order valence-corrected chi connectivity index (χ4v) is 3.75. The zero-order valence-electron chi connectivity index (χ0n) is 17.4. The smallest absolute Gasteiger partial charge is 0.261 e. The largest absolute Gasteiger partial charge is 0.363 e. The van der Waals surface area contributed by atoms with Crippen molar-refractivity contribution in [1.29, 1.82) is 0 Å². The maximum Gasteiger partial charge on any atom is 0.261 e. The molecule has 6 nitrogen and oxygen atoms in total. The lowest BCUT2D eigenvalue weighted by Gasteiger charge is -2.17. The molecule has 2 aromatic carbocycles. The molecule has 0 unspecified atom stereocenters. The van der Waals surface area contributed by atoms with E-state index in [2.05, 4.69) is 10.3 Å². The number of benzene rings is 2. The SMILES string of the molecule is CN(C)c1ccc2c(=O)c(C(=O)Nc3c(Cl)cccc3Cl)cn(-c3ccc(F)cc3F)c2n1. The zero-order valence-corrected chi connectivity index (χ0v) is 18.9. The number of nitrogens with zero attached hydrogens (tertiary/aromatic N) is 3. The number of hydrogen-bond donors (Lipinski definition) is 1. The standard InChI is InChI=1S/C23H16Cl2F2N4O2/c1-30(2)19-9-7-13-21(32)14(23(33)29-20-15(24)4-3-5-16(20)25)11-31(22(13)28-19)18-8-6-12(26)10-17(18)27/h3-11H,1-2H3,(H,29,33). The molecule has 33 heavy (non-hydrogen) atoms. The average molecular weight is 489 g/mol. The number of carbonyl (C=O) groups is 1. The van der Waals surface area contributed by atoms with Gasteiger partial charge in [0.05, 0.1) is 26.8 Å². The number of anilines is 2. The molecule has 0 aliphatic rings. The van der Waals surface area contributed by atoms with Crippen LogP contribution in [-0.2, 0) is 0 Å². The van der Waals surface area contributed by atoms with Crippen LogP contribution in [0.15, 0.2) is 59.5 Å². The van der Waals surface area contributed by atoms with Gasteiger partial charge in [-0.25, -0.2) is 13.8 Å². The Hall–Kier alpha value is -3.49. The van der Waals surface area contributed by atoms with E-state index in [0.717, 1.165) is 12.3 Å². The molecular formula is C23H16Cl2F2N4O2. The minimum atomic E-state index is -0.891. The molecule has 4 aromatic rings. The van der Waals surface area contributed by atoms with Gasteiger partial charge < -0.3 is 10.2 Å². The van der Waals surface area contributed by atoms with Crippen molar-refractivity contribution in [2.75, 3.05) is 24.3 Å². The van der Waals surface area contributed by atoms with Crippen LogP contribution in [0, 0.1) is 11.6 Å². The van der Waals surface area contributed by atoms with Crippen LogP contribution in [0.4, 0.5) is 20.3 Å². The average Bonchev–Trinajstić information content (AvgIpc) is 2.77. The molecule has 0 aliphatic heterocycles. The minimum absolute atomic E-state index is 0.0715. The molecule has 2 aromatic heterocycles. The van der Waals surface area contributed by atoms with Gasteiger partial charge in [-0.15, -0.1) is 0 Å². The summed E-state index contributed by atoms with van der Waals surface area (Å²) in [6, 6.07) is 10.7. The third-order valence-corrected chi connectivity index (χ3v) is 5.54. The molecule has 0 saturated heterocycles. The van der Waals surface area contributed by atoms with Gasteiger partial charge in [0.2, 0.25) is 5.43 Å². The molecule has 0 fully saturated rings. The van der Waals surface area contributed by atoms with E-state index >= 15 is 0 Å². The van der Waals surface area contributed by atoms with Gasteiger partial charge in [-0.2, -0.15) is 0 Å². The highest BCUT2D eigenvalue weighted by Crippen LogP contribution is 2.30. The monoisotopic (exact) mass is 488 g/mol. The second kappa shape index (κ2) is 8.80. The number of amides is 1. The molecule has 0 aliphatic carbocycles. The lowest BCUT2D eigenvalue weighted by molar-refractivity contribution is 0.102. The second-order valence-corrected chi connectivity index (χ2v) is 8.14. The van der Waals surface area contributed by atoms with Crippen LogP contribution in [0.5, 0.6) is 0 Å². The Morgan fingerprint density at radius 1 is 1.06 bits per heavy atom. The van der Waals surface area contributed by atoms with Crippen molar-refractivity contribution >= 4 is 51.6 Å². The van der Waals surface area contributed by atoms with E-state index in [1.54, 1.807) is 31.1 Å². The molecule has 2 heterocycles. The topological polar surface area (TPSA) is 67.2 Å². The van der Waals surface area contributed by atoms with Gasteiger partial charge in [0.25, 0.3) is 5.91 Å². The van der Waals surface area contributed by atoms with E-state index in [4.69, 9.17) is 23.2 Å². The van der Waals surface area contributed by atoms with Crippen LogP contribution >= 0.6 is 23.2 Å². The van der Waals surface area contributed by atoms with Crippen molar-refractivity contribution in [2.45, 2.75) is 0 Å². The van der Waals surface area contributed by atoms with Crippen molar-refractivity contribution in [3.05, 3.63) is 92.2 Å². The van der Waals surface area contributed by atoms with Crippen LogP contribution in [0.3, 0.4) is 0 Å². The molecule has 0 radical (unpaired) electrons. The van der Waals surface area contributed by atoms with Gasteiger partial charge in [0, 0.05) is 26.4 Å². The van der Waals surface area contributed by atoms with Gasteiger partial charge in [-0.3, -0.25) is 14.2 Å². The van der Waals surface area contributed by atoms with Gasteiger partial charge in [-0.1, -0.05) is 29.3 Å². The Morgan fingerprint density at radius 2 is 1.76 bits per heavy atom. The quantitative estimate of drug-likeness (QED) is 0.423. The lowest BCUT2D eigenvalue weighted by atomic mass is 10.1. The number of nitrogens with one attached hydrogen (secondary N) is 1. The molecule has 10 heteroatoms. The third kappa shape index (κ3) is 4.27. The number of rotatable bonds is 4. The van der Waals surface area contributed by atoms with Gasteiger partial charge in [0.1, 0.15) is 23.0 Å². The fraction of sp³-hybridized carbons (Fsp3) is 0.0870. The van der Waals surface area contributed by atoms with Crippen molar-refractivity contribution in [2.24, 2.45) is 0 Å². The first-order valence-electron chi connectivity index (χ1n) is 9.62. The first-order valence-corrected chi connectivity index (χ1v) is 10.4. The number of pyridine rings is 2. The van der Waals surface area contributed by atoms with Crippen LogP contribution in [0.1, 0.15) is 10.4 Å². The molecule has 168 valence electrons. The summed E-state index contributed by atoms with van der Waals surface area (Å²) in [5.74, 6) is -1.96. The maximum atomic E-state index is 14.7. The van der Waals surface area contributed by atoms with Crippen molar-refractivity contribution in [3.63, 3.8) is 0 Å². The van der Waals surface area contributed by atoms with Gasteiger partial charge >= 0.3 is 0 Å². The fourth-order valence-electron chi connectivity index (χ4n) is 3.26. The van der Waals surface area contributed by atoms with Crippen LogP contribution in [0.2, 0.25) is 10.0 Å². The highest BCUT2D eigenvalue weighted by Gasteiger charge is 2.21. The van der Waals surface area contributed by atoms with Crippen LogP contribution in [0.25, 0.3) is 16.7 Å². The van der Waals surface area contributed by atoms with Crippen LogP contribution < -0.4 is 15.6 Å². The number of halogens is 4. The van der Waals surface area contributed by atoms with Crippen molar-refractivity contribution in [1.82, 2.24) is 9.55 Å². The Bertz CT molecular complexity index is 1450. The van der Waals surface area contributed by atoms with E-state index in [-0.39, 0.29) is 38.0 Å². The Balaban J connectivity index is 1.96. The summed E-state index contributed by atoms with van der Waals surface area (Å²) in [5, 5.41) is 2.96. The summed E-state index contributed by atoms with van der Waals surface area (Å²) >= 11 is 12.2. The van der Waals surface area contributed by atoms with Gasteiger partial charge in [-0.05, 0) is 36.4 Å². The van der Waals surface area contributed by atoms with E-state index in [9.17, 15) is 18.4 Å². The summed E-state index contributed by atoms with van der Waals surface area (Å²) in [4.78, 5) is 32.4. The number of fused-ring (bicyclic) bond motifs is 1. The Morgan fingerprint density at radius 3 is 2.39 bits per heavy atom. The zero-order chi connectivity index (χ0) is 23.9. The van der Waals surface area contributed by atoms with Gasteiger partial charge in [0.15, 0.2) is 5.65 Å². The summed E-state index contributed by atoms with van der Waals surface area (Å²) in [7, 11) is 3.51. The lowest BCUT2D eigenvalue weighted by Crippen LogP contribution is -2.25. The molecule has 0 spiro atoms. The number of aromatic nitrogens is 2. The number of carbonyl (C=O) groups excluding carboxylic acids is 1. The normalized spacial score (nSPS) is 11.0. The highest BCUT2D eigenvalue weighted by molar-refractivity contribution is 6.40. The molecule has 1 amide bonds. The second-order valence-electron chi connectivity index (χ2n) is 7.32. The van der Waals surface area contributed by atoms with E-state index in [1.807, 2.05) is 0 Å². The first kappa shape index (κ1) is 22.7. The van der Waals surface area contributed by atoms with E-state index in [1.165, 1.54) is 28.8 Å². The van der Waals surface area contributed by atoms with E-state index < -0.39 is 23.0 Å². The molecular weight excluding hydrogens is 473 g/mol. The number of hydrogen-bond acceptors (Lipinski definition) is 4. The predicted molar refractivity (Wildman–Crippen MR) is 126 cm³/mol. The van der Waals surface area contributed by atoms with E-state index in [0.29, 0.717) is 11.9 Å². The van der Waals surface area contributed by atoms with Crippen LogP contribution in [-0.4, -0.2) is 29.6 Å². The summed E-state index contributed by atoms with van der Waals surface area (Å²) < 4.78 is 29.5.